The van der Waals surface area contributed by atoms with Crippen LogP contribution in [0.3, 0.4) is 0 Å². The second-order valence-electron chi connectivity index (χ2n) is 7.69. The maximum Gasteiger partial charge on any atom is 0.128 e. The van der Waals surface area contributed by atoms with Crippen LogP contribution in [0.2, 0.25) is 0 Å². The van der Waals surface area contributed by atoms with E-state index in [2.05, 4.69) is 51.6 Å². The van der Waals surface area contributed by atoms with Gasteiger partial charge in [0, 0.05) is 43.0 Å². The van der Waals surface area contributed by atoms with E-state index in [-0.39, 0.29) is 12.0 Å². The molecule has 0 amide bonds. The molecule has 4 rings (SSSR count). The SMILES string of the molecule is O[C@@H]1CC[C@@H](Nc2cc(N3CCCCC3)ccn2)C[C@H]1c1ccccc1. The summed E-state index contributed by atoms with van der Waals surface area (Å²) in [6, 6.07) is 15.1. The second kappa shape index (κ2) is 8.09. The number of pyridine rings is 1. The van der Waals surface area contributed by atoms with Gasteiger partial charge >= 0.3 is 0 Å². The fourth-order valence-corrected chi connectivity index (χ4v) is 4.40. The van der Waals surface area contributed by atoms with Gasteiger partial charge in [0.05, 0.1) is 6.10 Å². The largest absolute Gasteiger partial charge is 0.392 e. The minimum Gasteiger partial charge on any atom is -0.392 e. The van der Waals surface area contributed by atoms with Crippen LogP contribution < -0.4 is 10.2 Å². The Bertz CT molecular complexity index is 700. The first-order chi connectivity index (χ1) is 12.8. The van der Waals surface area contributed by atoms with Gasteiger partial charge in [-0.2, -0.15) is 0 Å². The molecule has 1 saturated carbocycles. The normalized spacial score (nSPS) is 26.5. The summed E-state index contributed by atoms with van der Waals surface area (Å²) in [6.45, 7) is 2.30. The molecule has 1 saturated heterocycles. The van der Waals surface area contributed by atoms with Crippen molar-refractivity contribution in [2.45, 2.75) is 56.6 Å². The standard InChI is InChI=1S/C22H29N3O/c26-21-10-9-18(15-20(21)17-7-3-1-4-8-17)24-22-16-19(11-12-23-22)25-13-5-2-6-14-25/h1,3-4,7-8,11-12,16,18,20-21,26H,2,5-6,9-10,13-15H2,(H,23,24)/t18-,20+,21-/m1/s1. The highest BCUT2D eigenvalue weighted by molar-refractivity contribution is 5.54. The lowest BCUT2D eigenvalue weighted by Gasteiger charge is -2.34. The zero-order chi connectivity index (χ0) is 17.8. The van der Waals surface area contributed by atoms with E-state index in [1.807, 2.05) is 12.3 Å². The smallest absolute Gasteiger partial charge is 0.128 e. The molecular weight excluding hydrogens is 322 g/mol. The highest BCUT2D eigenvalue weighted by atomic mass is 16.3. The van der Waals surface area contributed by atoms with E-state index in [0.29, 0.717) is 6.04 Å². The summed E-state index contributed by atoms with van der Waals surface area (Å²) in [5.41, 5.74) is 2.51. The van der Waals surface area contributed by atoms with Gasteiger partial charge in [0.1, 0.15) is 5.82 Å². The predicted octanol–water partition coefficient (Wildman–Crippen LogP) is 4.18. The van der Waals surface area contributed by atoms with Crippen molar-refractivity contribution in [3.8, 4) is 0 Å². The van der Waals surface area contributed by atoms with E-state index in [0.717, 1.165) is 38.2 Å². The first-order valence-corrected chi connectivity index (χ1v) is 10.00. The minimum atomic E-state index is -0.247. The molecule has 0 unspecified atom stereocenters. The Kier molecular flexibility index (Phi) is 5.40. The molecule has 1 aromatic carbocycles. The Morgan fingerprint density at radius 3 is 2.62 bits per heavy atom. The molecule has 26 heavy (non-hydrogen) atoms. The summed E-state index contributed by atoms with van der Waals surface area (Å²) in [5, 5.41) is 14.1. The Morgan fingerprint density at radius 1 is 1.00 bits per heavy atom. The molecule has 2 aromatic rings. The highest BCUT2D eigenvalue weighted by Gasteiger charge is 2.30. The van der Waals surface area contributed by atoms with Crippen LogP contribution in [0.5, 0.6) is 0 Å². The lowest BCUT2D eigenvalue weighted by atomic mass is 9.79. The van der Waals surface area contributed by atoms with E-state index in [9.17, 15) is 5.11 Å². The first-order valence-electron chi connectivity index (χ1n) is 10.00. The quantitative estimate of drug-likeness (QED) is 0.867. The van der Waals surface area contributed by atoms with Crippen molar-refractivity contribution in [2.75, 3.05) is 23.3 Å². The lowest BCUT2D eigenvalue weighted by Crippen LogP contribution is -2.34. The fraction of sp³-hybridized carbons (Fsp3) is 0.500. The molecule has 2 fully saturated rings. The molecule has 2 heterocycles. The predicted molar refractivity (Wildman–Crippen MR) is 107 cm³/mol. The van der Waals surface area contributed by atoms with E-state index in [4.69, 9.17) is 0 Å². The molecule has 0 bridgehead atoms. The molecule has 3 atom stereocenters. The number of aliphatic hydroxyl groups is 1. The summed E-state index contributed by atoms with van der Waals surface area (Å²) in [7, 11) is 0. The second-order valence-corrected chi connectivity index (χ2v) is 7.69. The van der Waals surface area contributed by atoms with E-state index >= 15 is 0 Å². The number of nitrogens with one attached hydrogen (secondary N) is 1. The van der Waals surface area contributed by atoms with E-state index in [1.165, 1.54) is 30.5 Å². The average molecular weight is 351 g/mol. The van der Waals surface area contributed by atoms with Gasteiger partial charge in [-0.05, 0) is 50.2 Å². The number of benzene rings is 1. The summed E-state index contributed by atoms with van der Waals surface area (Å²) in [6.07, 6.45) is 8.35. The number of hydrogen-bond acceptors (Lipinski definition) is 4. The van der Waals surface area contributed by atoms with Gasteiger partial charge in [0.2, 0.25) is 0 Å². The molecular formula is C22H29N3O. The van der Waals surface area contributed by atoms with Gasteiger partial charge in [-0.15, -0.1) is 0 Å². The van der Waals surface area contributed by atoms with Gasteiger partial charge in [0.25, 0.3) is 0 Å². The molecule has 2 aliphatic rings. The van der Waals surface area contributed by atoms with Crippen LogP contribution in [0.4, 0.5) is 11.5 Å². The lowest BCUT2D eigenvalue weighted by molar-refractivity contribution is 0.102. The Hall–Kier alpha value is -2.07. The van der Waals surface area contributed by atoms with Crippen molar-refractivity contribution in [3.05, 3.63) is 54.2 Å². The van der Waals surface area contributed by atoms with Crippen LogP contribution in [-0.2, 0) is 0 Å². The molecule has 1 aliphatic heterocycles. The summed E-state index contributed by atoms with van der Waals surface area (Å²) >= 11 is 0. The maximum atomic E-state index is 10.5. The highest BCUT2D eigenvalue weighted by Crippen LogP contribution is 2.34. The van der Waals surface area contributed by atoms with Gasteiger partial charge in [-0.1, -0.05) is 30.3 Å². The monoisotopic (exact) mass is 351 g/mol. The molecule has 2 N–H and O–H groups in total. The van der Waals surface area contributed by atoms with Crippen molar-refractivity contribution in [1.29, 1.82) is 0 Å². The molecule has 1 aromatic heterocycles. The third kappa shape index (κ3) is 4.01. The molecule has 4 nitrogen and oxygen atoms in total. The number of hydrogen-bond donors (Lipinski definition) is 2. The third-order valence-electron chi connectivity index (χ3n) is 5.86. The van der Waals surface area contributed by atoms with Crippen molar-refractivity contribution in [2.24, 2.45) is 0 Å². The molecule has 138 valence electrons. The van der Waals surface area contributed by atoms with Crippen molar-refractivity contribution < 1.29 is 5.11 Å². The topological polar surface area (TPSA) is 48.4 Å². The van der Waals surface area contributed by atoms with E-state index in [1.54, 1.807) is 0 Å². The van der Waals surface area contributed by atoms with Crippen molar-refractivity contribution >= 4 is 11.5 Å². The zero-order valence-corrected chi connectivity index (χ0v) is 15.3. The van der Waals surface area contributed by atoms with Crippen molar-refractivity contribution in [1.82, 2.24) is 4.98 Å². The summed E-state index contributed by atoms with van der Waals surface area (Å²) in [4.78, 5) is 7.01. The number of piperidine rings is 1. The Labute approximate surface area is 156 Å². The Morgan fingerprint density at radius 2 is 1.81 bits per heavy atom. The number of nitrogens with zero attached hydrogens (tertiary/aromatic N) is 2. The zero-order valence-electron chi connectivity index (χ0n) is 15.3. The van der Waals surface area contributed by atoms with Crippen LogP contribution in [0, 0.1) is 0 Å². The van der Waals surface area contributed by atoms with Gasteiger partial charge in [-0.3, -0.25) is 0 Å². The van der Waals surface area contributed by atoms with Gasteiger partial charge in [0.15, 0.2) is 0 Å². The maximum absolute atomic E-state index is 10.5. The summed E-state index contributed by atoms with van der Waals surface area (Å²) in [5.74, 6) is 1.16. The Balaban J connectivity index is 1.44. The molecule has 0 spiro atoms. The van der Waals surface area contributed by atoms with Crippen LogP contribution >= 0.6 is 0 Å². The average Bonchev–Trinajstić information content (AvgIpc) is 2.71. The number of anilines is 2. The van der Waals surface area contributed by atoms with Gasteiger partial charge in [-0.25, -0.2) is 4.98 Å². The number of aromatic nitrogens is 1. The van der Waals surface area contributed by atoms with Crippen molar-refractivity contribution in [3.63, 3.8) is 0 Å². The molecule has 4 heteroatoms. The van der Waals surface area contributed by atoms with E-state index < -0.39 is 0 Å². The first kappa shape index (κ1) is 17.3. The van der Waals surface area contributed by atoms with Crippen LogP contribution in [-0.4, -0.2) is 35.3 Å². The molecule has 0 radical (unpaired) electrons. The number of aliphatic hydroxyl groups excluding tert-OH is 1. The number of rotatable bonds is 4. The molecule has 1 aliphatic carbocycles. The van der Waals surface area contributed by atoms with Crippen LogP contribution in [0.25, 0.3) is 0 Å². The van der Waals surface area contributed by atoms with Gasteiger partial charge < -0.3 is 15.3 Å². The van der Waals surface area contributed by atoms with Crippen LogP contribution in [0.1, 0.15) is 50.0 Å². The minimum absolute atomic E-state index is 0.202. The third-order valence-corrected chi connectivity index (χ3v) is 5.86. The van der Waals surface area contributed by atoms with Crippen LogP contribution in [0.15, 0.2) is 48.7 Å². The summed E-state index contributed by atoms with van der Waals surface area (Å²) < 4.78 is 0. The fourth-order valence-electron chi connectivity index (χ4n) is 4.40.